The first-order chi connectivity index (χ1) is 10.7. The summed E-state index contributed by atoms with van der Waals surface area (Å²) in [7, 11) is -2.72. The second-order valence-corrected chi connectivity index (χ2v) is 8.34. The van der Waals surface area contributed by atoms with Gasteiger partial charge in [-0.05, 0) is 18.2 Å². The van der Waals surface area contributed by atoms with E-state index in [9.17, 15) is 4.57 Å². The van der Waals surface area contributed by atoms with Crippen molar-refractivity contribution in [3.63, 3.8) is 0 Å². The Morgan fingerprint density at radius 2 is 1.36 bits per heavy atom. The lowest BCUT2D eigenvalue weighted by Crippen LogP contribution is -2.17. The molecule has 0 N–H and O–H groups in total. The van der Waals surface area contributed by atoms with E-state index in [1.807, 2.05) is 60.7 Å². The molecule has 0 radical (unpaired) electrons. The summed E-state index contributed by atoms with van der Waals surface area (Å²) in [6.45, 7) is 4.32. The fourth-order valence-corrected chi connectivity index (χ4v) is 5.78. The first-order valence-electron chi connectivity index (χ1n) is 8.14. The predicted molar refractivity (Wildman–Crippen MR) is 97.7 cm³/mol. The molecule has 0 fully saturated rings. The number of hydrogen-bond donors (Lipinski definition) is 0. The van der Waals surface area contributed by atoms with E-state index in [0.29, 0.717) is 0 Å². The Balaban J connectivity index is 2.62. The topological polar surface area (TPSA) is 17.1 Å². The first-order valence-corrected chi connectivity index (χ1v) is 9.85. The van der Waals surface area contributed by atoms with Gasteiger partial charge in [-0.15, -0.1) is 0 Å². The van der Waals surface area contributed by atoms with E-state index >= 15 is 0 Å². The van der Waals surface area contributed by atoms with Crippen LogP contribution in [-0.4, -0.2) is 0 Å². The van der Waals surface area contributed by atoms with E-state index in [0.717, 1.165) is 41.6 Å². The van der Waals surface area contributed by atoms with Gasteiger partial charge in [0.25, 0.3) is 0 Å². The molecule has 0 saturated carbocycles. The quantitative estimate of drug-likeness (QED) is 0.618. The Morgan fingerprint density at radius 3 is 1.77 bits per heavy atom. The molecule has 0 aromatic heterocycles. The standard InChI is InChI=1S/C20H25OP/c1-3-5-13-18(12-4-2)22(21,19-14-8-6-9-15-19)20-16-10-7-11-17-20/h6-11,13-17H,3-5,12H2,1-2H3. The average molecular weight is 312 g/mol. The zero-order valence-electron chi connectivity index (χ0n) is 13.5. The third-order valence-electron chi connectivity index (χ3n) is 3.82. The molecule has 1 nitrogen and oxygen atoms in total. The lowest BCUT2D eigenvalue weighted by atomic mass is 10.2. The largest absolute Gasteiger partial charge is 0.309 e. The van der Waals surface area contributed by atoms with E-state index < -0.39 is 7.14 Å². The van der Waals surface area contributed by atoms with Crippen LogP contribution in [0.2, 0.25) is 0 Å². The van der Waals surface area contributed by atoms with Crippen molar-refractivity contribution >= 4 is 17.8 Å². The van der Waals surface area contributed by atoms with Crippen molar-refractivity contribution < 1.29 is 4.57 Å². The SMILES string of the molecule is CCCC=C(CCC)P(=O)(c1ccccc1)c1ccccc1. The minimum Gasteiger partial charge on any atom is -0.309 e. The highest BCUT2D eigenvalue weighted by Crippen LogP contribution is 2.53. The number of benzene rings is 2. The number of hydrogen-bond acceptors (Lipinski definition) is 1. The highest BCUT2D eigenvalue weighted by atomic mass is 31.2. The predicted octanol–water partition coefficient (Wildman–Crippen LogP) is 5.48. The van der Waals surface area contributed by atoms with Crippen LogP contribution in [0.15, 0.2) is 72.1 Å². The van der Waals surface area contributed by atoms with E-state index in [1.165, 1.54) is 0 Å². The van der Waals surface area contributed by atoms with Crippen molar-refractivity contribution in [1.29, 1.82) is 0 Å². The zero-order chi connectivity index (χ0) is 15.8. The van der Waals surface area contributed by atoms with Crippen LogP contribution >= 0.6 is 7.14 Å². The highest BCUT2D eigenvalue weighted by Gasteiger charge is 2.30. The number of rotatable bonds is 7. The van der Waals surface area contributed by atoms with Gasteiger partial charge in [0.15, 0.2) is 7.14 Å². The summed E-state index contributed by atoms with van der Waals surface area (Å²) < 4.78 is 14.1. The van der Waals surface area contributed by atoms with Crippen molar-refractivity contribution in [2.24, 2.45) is 0 Å². The maximum Gasteiger partial charge on any atom is 0.166 e. The van der Waals surface area contributed by atoms with E-state index in [-0.39, 0.29) is 0 Å². The lowest BCUT2D eigenvalue weighted by molar-refractivity contribution is 0.589. The summed E-state index contributed by atoms with van der Waals surface area (Å²) in [5, 5.41) is 2.99. The molecule has 2 heteroatoms. The van der Waals surface area contributed by atoms with Crippen LogP contribution in [0.3, 0.4) is 0 Å². The zero-order valence-corrected chi connectivity index (χ0v) is 14.4. The van der Waals surface area contributed by atoms with Gasteiger partial charge in [-0.2, -0.15) is 0 Å². The van der Waals surface area contributed by atoms with Crippen molar-refractivity contribution in [3.05, 3.63) is 72.1 Å². The van der Waals surface area contributed by atoms with Crippen LogP contribution in [0.4, 0.5) is 0 Å². The molecule has 0 spiro atoms. The molecule has 2 aromatic carbocycles. The van der Waals surface area contributed by atoms with Gasteiger partial charge in [0, 0.05) is 10.6 Å². The Bertz CT molecular complexity index is 600. The van der Waals surface area contributed by atoms with Gasteiger partial charge in [0.05, 0.1) is 0 Å². The van der Waals surface area contributed by atoms with Gasteiger partial charge in [0.1, 0.15) is 0 Å². The third-order valence-corrected chi connectivity index (χ3v) is 7.08. The van der Waals surface area contributed by atoms with Gasteiger partial charge >= 0.3 is 0 Å². The molecule has 2 rings (SSSR count). The highest BCUT2D eigenvalue weighted by molar-refractivity contribution is 7.82. The van der Waals surface area contributed by atoms with Crippen molar-refractivity contribution in [1.82, 2.24) is 0 Å². The van der Waals surface area contributed by atoms with Crippen molar-refractivity contribution in [2.45, 2.75) is 39.5 Å². The number of allylic oxidation sites excluding steroid dienone is 2. The Labute approximate surface area is 134 Å². The minimum absolute atomic E-state index is 0.890. The second kappa shape index (κ2) is 8.15. The molecule has 22 heavy (non-hydrogen) atoms. The number of unbranched alkanes of at least 4 members (excludes halogenated alkanes) is 1. The summed E-state index contributed by atoms with van der Waals surface area (Å²) >= 11 is 0. The van der Waals surface area contributed by atoms with Crippen LogP contribution in [0.1, 0.15) is 39.5 Å². The van der Waals surface area contributed by atoms with Crippen LogP contribution in [0.25, 0.3) is 0 Å². The minimum atomic E-state index is -2.72. The van der Waals surface area contributed by atoms with Crippen LogP contribution in [0.5, 0.6) is 0 Å². The second-order valence-electron chi connectivity index (χ2n) is 5.51. The fourth-order valence-electron chi connectivity index (χ4n) is 2.71. The van der Waals surface area contributed by atoms with Gasteiger partial charge in [-0.3, -0.25) is 0 Å². The fraction of sp³-hybridized carbons (Fsp3) is 0.300. The van der Waals surface area contributed by atoms with Gasteiger partial charge in [-0.1, -0.05) is 93.4 Å². The molecule has 0 heterocycles. The Kier molecular flexibility index (Phi) is 6.21. The summed E-state index contributed by atoms with van der Waals surface area (Å²) in [5.74, 6) is 0. The van der Waals surface area contributed by atoms with Gasteiger partial charge < -0.3 is 4.57 Å². The molecule has 0 saturated heterocycles. The monoisotopic (exact) mass is 312 g/mol. The van der Waals surface area contributed by atoms with E-state index in [4.69, 9.17) is 0 Å². The first kappa shape index (κ1) is 16.8. The van der Waals surface area contributed by atoms with Gasteiger partial charge in [-0.25, -0.2) is 0 Å². The average Bonchev–Trinajstić information content (AvgIpc) is 2.59. The molecule has 0 aliphatic rings. The molecule has 0 aliphatic heterocycles. The molecule has 2 aromatic rings. The normalized spacial score (nSPS) is 12.4. The molecular weight excluding hydrogens is 287 g/mol. The van der Waals surface area contributed by atoms with E-state index in [2.05, 4.69) is 19.9 Å². The molecule has 0 bridgehead atoms. The van der Waals surface area contributed by atoms with Crippen molar-refractivity contribution in [2.75, 3.05) is 0 Å². The van der Waals surface area contributed by atoms with Crippen molar-refractivity contribution in [3.8, 4) is 0 Å². The summed E-state index contributed by atoms with van der Waals surface area (Å²) in [6.07, 6.45) is 6.18. The molecule has 0 unspecified atom stereocenters. The maximum absolute atomic E-state index is 14.1. The molecule has 0 amide bonds. The Morgan fingerprint density at radius 1 is 0.864 bits per heavy atom. The lowest BCUT2D eigenvalue weighted by Gasteiger charge is -2.23. The maximum atomic E-state index is 14.1. The summed E-state index contributed by atoms with van der Waals surface area (Å²) in [4.78, 5) is 0. The molecule has 0 atom stereocenters. The smallest absolute Gasteiger partial charge is 0.166 e. The summed E-state index contributed by atoms with van der Waals surface area (Å²) in [5.41, 5.74) is 0. The van der Waals surface area contributed by atoms with Crippen LogP contribution in [0, 0.1) is 0 Å². The molecule has 0 aliphatic carbocycles. The van der Waals surface area contributed by atoms with E-state index in [1.54, 1.807) is 0 Å². The van der Waals surface area contributed by atoms with Gasteiger partial charge in [0.2, 0.25) is 0 Å². The molecular formula is C20H25OP. The third kappa shape index (κ3) is 3.59. The summed E-state index contributed by atoms with van der Waals surface area (Å²) in [6, 6.07) is 19.9. The Hall–Kier alpha value is -1.59. The molecule has 116 valence electrons. The van der Waals surface area contributed by atoms with Crippen LogP contribution < -0.4 is 10.6 Å². The van der Waals surface area contributed by atoms with Crippen LogP contribution in [-0.2, 0) is 4.57 Å².